The third-order valence-electron chi connectivity index (χ3n) is 5.56. The van der Waals surface area contributed by atoms with Gasteiger partial charge in [0.15, 0.2) is 5.25 Å². The Morgan fingerprint density at radius 2 is 1.92 bits per heavy atom. The molecule has 1 aromatic heterocycles. The monoisotopic (exact) mass is 581 g/mol. The zero-order chi connectivity index (χ0) is 27.9. The molecule has 1 aliphatic heterocycles. The molecular formula is C24H27N3O8S3. The number of hydroxylamine groups is 2. The number of hydrogen-bond donors (Lipinski definition) is 2. The molecule has 2 aromatic rings. The second kappa shape index (κ2) is 13.2. The first-order valence-corrected chi connectivity index (χ1v) is 15.4. The molecule has 1 aromatic carbocycles. The van der Waals surface area contributed by atoms with E-state index in [-0.39, 0.29) is 16.7 Å². The van der Waals surface area contributed by atoms with Crippen molar-refractivity contribution in [2.75, 3.05) is 0 Å². The highest BCUT2D eigenvalue weighted by atomic mass is 33.1. The molecule has 204 valence electrons. The lowest BCUT2D eigenvalue weighted by atomic mass is 10.0. The average molecular weight is 582 g/mol. The minimum Gasteiger partial charge on any atom is -0.349 e. The van der Waals surface area contributed by atoms with Gasteiger partial charge in [-0.1, -0.05) is 48.4 Å². The van der Waals surface area contributed by atoms with Crippen LogP contribution in [0.3, 0.4) is 0 Å². The number of amides is 3. The van der Waals surface area contributed by atoms with Crippen molar-refractivity contribution in [3.05, 3.63) is 59.8 Å². The summed E-state index contributed by atoms with van der Waals surface area (Å²) in [7, 11) is -1.80. The van der Waals surface area contributed by atoms with Crippen molar-refractivity contribution in [3.8, 4) is 0 Å². The van der Waals surface area contributed by atoms with Gasteiger partial charge in [0.2, 0.25) is 0 Å². The van der Waals surface area contributed by atoms with E-state index in [0.29, 0.717) is 18.4 Å². The van der Waals surface area contributed by atoms with Crippen molar-refractivity contribution in [2.45, 2.75) is 61.1 Å². The molecule has 2 N–H and O–H groups in total. The number of benzene rings is 1. The molecule has 3 amide bonds. The van der Waals surface area contributed by atoms with Gasteiger partial charge >= 0.3 is 5.97 Å². The van der Waals surface area contributed by atoms with E-state index in [2.05, 4.69) is 10.3 Å². The standard InChI is InChI=1S/C24H27N3O8S3/c1-3-8-16(13-22(29)35-27-21(28)14-19(24(27)31)38(32,33)34)26-23(30)18-10-5-4-9-17(18)15(2)36-37-20-11-6-7-12-25-20/h4-7,9-12,15-16,19H,3,8,13-14H2,1-2H3,(H,26,30)(H,32,33,34). The summed E-state index contributed by atoms with van der Waals surface area (Å²) in [6.07, 6.45) is 1.52. The lowest BCUT2D eigenvalue weighted by Crippen LogP contribution is -2.40. The van der Waals surface area contributed by atoms with Gasteiger partial charge in [-0.05, 0) is 47.9 Å². The summed E-state index contributed by atoms with van der Waals surface area (Å²) in [5, 5.41) is 1.63. The third-order valence-corrected chi connectivity index (χ3v) is 9.36. The molecule has 3 unspecified atom stereocenters. The van der Waals surface area contributed by atoms with E-state index < -0.39 is 51.5 Å². The molecule has 3 atom stereocenters. The first-order chi connectivity index (χ1) is 18.0. The highest BCUT2D eigenvalue weighted by Crippen LogP contribution is 2.42. The number of nitrogens with zero attached hydrogens (tertiary/aromatic N) is 2. The fourth-order valence-electron chi connectivity index (χ4n) is 3.72. The molecule has 2 heterocycles. The van der Waals surface area contributed by atoms with Crippen molar-refractivity contribution < 1.29 is 37.0 Å². The lowest BCUT2D eigenvalue weighted by Gasteiger charge is -2.21. The van der Waals surface area contributed by atoms with Crippen molar-refractivity contribution in [3.63, 3.8) is 0 Å². The lowest BCUT2D eigenvalue weighted by molar-refractivity contribution is -0.197. The molecule has 0 spiro atoms. The summed E-state index contributed by atoms with van der Waals surface area (Å²) in [5.41, 5.74) is 1.23. The molecule has 1 aliphatic rings. The minimum atomic E-state index is -4.83. The molecule has 14 heteroatoms. The predicted molar refractivity (Wildman–Crippen MR) is 141 cm³/mol. The number of imide groups is 1. The minimum absolute atomic E-state index is 0.0546. The fraction of sp³-hybridized carbons (Fsp3) is 0.375. The van der Waals surface area contributed by atoms with E-state index in [1.165, 1.54) is 10.8 Å². The van der Waals surface area contributed by atoms with Crippen LogP contribution in [0.15, 0.2) is 53.7 Å². The van der Waals surface area contributed by atoms with Gasteiger partial charge in [0.25, 0.3) is 27.8 Å². The van der Waals surface area contributed by atoms with E-state index >= 15 is 0 Å². The summed E-state index contributed by atoms with van der Waals surface area (Å²) in [6, 6.07) is 12.0. The van der Waals surface area contributed by atoms with Gasteiger partial charge in [0.05, 0.1) is 12.8 Å². The van der Waals surface area contributed by atoms with Crippen LogP contribution in [-0.2, 0) is 29.3 Å². The number of carbonyl (C=O) groups is 4. The SMILES string of the molecule is CCCC(CC(=O)ON1C(=O)CC(S(=O)(=O)O)C1=O)NC(=O)c1ccccc1C(C)SSc1ccccn1. The first kappa shape index (κ1) is 29.6. The smallest absolute Gasteiger partial charge is 0.335 e. The molecule has 0 radical (unpaired) electrons. The molecule has 38 heavy (non-hydrogen) atoms. The number of pyridine rings is 1. The molecule has 0 bridgehead atoms. The van der Waals surface area contributed by atoms with Crippen molar-refractivity contribution >= 4 is 55.4 Å². The Hall–Kier alpha value is -2.94. The number of hydrogen-bond acceptors (Lipinski definition) is 10. The topological polar surface area (TPSA) is 160 Å². The maximum Gasteiger partial charge on any atom is 0.335 e. The van der Waals surface area contributed by atoms with Crippen LogP contribution < -0.4 is 5.32 Å². The summed E-state index contributed by atoms with van der Waals surface area (Å²) in [6.45, 7) is 3.83. The first-order valence-electron chi connectivity index (χ1n) is 11.7. The summed E-state index contributed by atoms with van der Waals surface area (Å²) < 4.78 is 31.7. The highest BCUT2D eigenvalue weighted by Gasteiger charge is 2.48. The highest BCUT2D eigenvalue weighted by molar-refractivity contribution is 8.76. The van der Waals surface area contributed by atoms with Crippen molar-refractivity contribution in [2.24, 2.45) is 0 Å². The second-order valence-electron chi connectivity index (χ2n) is 8.44. The van der Waals surface area contributed by atoms with Gasteiger partial charge in [-0.2, -0.15) is 8.42 Å². The van der Waals surface area contributed by atoms with Crippen LogP contribution in [0.1, 0.15) is 60.7 Å². The Kier molecular flexibility index (Phi) is 10.3. The van der Waals surface area contributed by atoms with Gasteiger partial charge in [-0.15, -0.1) is 5.06 Å². The Bertz CT molecular complexity index is 1290. The third kappa shape index (κ3) is 7.79. The van der Waals surface area contributed by atoms with E-state index in [4.69, 9.17) is 9.39 Å². The Morgan fingerprint density at radius 3 is 2.55 bits per heavy atom. The van der Waals surface area contributed by atoms with E-state index in [1.54, 1.807) is 29.1 Å². The molecule has 0 aliphatic carbocycles. The number of aromatic nitrogens is 1. The van der Waals surface area contributed by atoms with Gasteiger partial charge in [-0.3, -0.25) is 18.9 Å². The summed E-state index contributed by atoms with van der Waals surface area (Å²) in [4.78, 5) is 58.9. The Balaban J connectivity index is 1.64. The largest absolute Gasteiger partial charge is 0.349 e. The van der Waals surface area contributed by atoms with Crippen LogP contribution in [0.5, 0.6) is 0 Å². The van der Waals surface area contributed by atoms with Crippen molar-refractivity contribution in [1.29, 1.82) is 0 Å². The average Bonchev–Trinajstić information content (AvgIpc) is 3.16. The molecule has 0 saturated carbocycles. The maximum atomic E-state index is 13.2. The van der Waals surface area contributed by atoms with Crippen LogP contribution in [0, 0.1) is 0 Å². The molecule has 1 fully saturated rings. The van der Waals surface area contributed by atoms with Crippen LogP contribution in [0.4, 0.5) is 0 Å². The molecule has 1 saturated heterocycles. The maximum absolute atomic E-state index is 13.2. The normalized spacial score (nSPS) is 17.2. The van der Waals surface area contributed by atoms with Crippen LogP contribution in [-0.4, -0.2) is 58.0 Å². The fourth-order valence-corrected chi connectivity index (χ4v) is 6.55. The molecular weight excluding hydrogens is 554 g/mol. The van der Waals surface area contributed by atoms with Crippen LogP contribution in [0.2, 0.25) is 0 Å². The van der Waals surface area contributed by atoms with Crippen molar-refractivity contribution in [1.82, 2.24) is 15.4 Å². The molecule has 3 rings (SSSR count). The van der Waals surface area contributed by atoms with E-state index in [9.17, 15) is 27.6 Å². The van der Waals surface area contributed by atoms with Gasteiger partial charge < -0.3 is 10.2 Å². The van der Waals surface area contributed by atoms with Crippen LogP contribution in [0.25, 0.3) is 0 Å². The number of carbonyl (C=O) groups excluding carboxylic acids is 4. The van der Waals surface area contributed by atoms with Gasteiger partial charge in [0, 0.05) is 23.1 Å². The van der Waals surface area contributed by atoms with Gasteiger partial charge in [0.1, 0.15) is 5.03 Å². The van der Waals surface area contributed by atoms with Gasteiger partial charge in [-0.25, -0.2) is 9.78 Å². The zero-order valence-corrected chi connectivity index (χ0v) is 23.1. The number of nitrogens with one attached hydrogen (secondary N) is 1. The Morgan fingerprint density at radius 1 is 1.21 bits per heavy atom. The second-order valence-corrected chi connectivity index (χ2v) is 12.6. The van der Waals surface area contributed by atoms with E-state index in [0.717, 1.165) is 10.6 Å². The van der Waals surface area contributed by atoms with Crippen LogP contribution >= 0.6 is 21.6 Å². The summed E-state index contributed by atoms with van der Waals surface area (Å²) in [5.74, 6) is -3.82. The van der Waals surface area contributed by atoms with E-state index in [1.807, 2.05) is 44.2 Å². The Labute approximate surface area is 228 Å². The summed E-state index contributed by atoms with van der Waals surface area (Å²) >= 11 is 0. The zero-order valence-electron chi connectivity index (χ0n) is 20.6. The predicted octanol–water partition coefficient (Wildman–Crippen LogP) is 3.35. The number of rotatable bonds is 12. The quantitative estimate of drug-likeness (QED) is 0.215. The molecule has 11 nitrogen and oxygen atoms in total.